The quantitative estimate of drug-likeness (QED) is 0.899. The highest BCUT2D eigenvalue weighted by molar-refractivity contribution is 7.19. The van der Waals surface area contributed by atoms with Gasteiger partial charge in [0.15, 0.2) is 5.75 Å². The zero-order valence-electron chi connectivity index (χ0n) is 12.2. The molecule has 1 amide bonds. The van der Waals surface area contributed by atoms with Crippen molar-refractivity contribution < 1.29 is 9.53 Å². The molecule has 0 unspecified atom stereocenters. The van der Waals surface area contributed by atoms with Crippen LogP contribution in [-0.2, 0) is 0 Å². The predicted octanol–water partition coefficient (Wildman–Crippen LogP) is 2.47. The molecule has 1 aromatic heterocycles. The van der Waals surface area contributed by atoms with Gasteiger partial charge in [0.2, 0.25) is 0 Å². The van der Waals surface area contributed by atoms with E-state index in [-0.39, 0.29) is 5.91 Å². The number of nitrogens with zero attached hydrogens (tertiary/aromatic N) is 1. The van der Waals surface area contributed by atoms with Crippen molar-refractivity contribution >= 4 is 27.9 Å². The molecule has 5 nitrogen and oxygen atoms in total. The number of thiophene rings is 1. The molecule has 20 heavy (non-hydrogen) atoms. The van der Waals surface area contributed by atoms with Crippen molar-refractivity contribution in [2.75, 3.05) is 37.9 Å². The largest absolute Gasteiger partial charge is 0.492 e. The second-order valence-electron chi connectivity index (χ2n) is 5.02. The van der Waals surface area contributed by atoms with E-state index in [4.69, 9.17) is 10.5 Å². The molecule has 0 spiro atoms. The number of methoxy groups -OCH3 is 1. The molecule has 3 N–H and O–H groups in total. The molecule has 1 aliphatic heterocycles. The normalized spacial score (nSPS) is 16.4. The molecule has 0 bridgehead atoms. The molecule has 1 aromatic rings. The maximum atomic E-state index is 11.9. The van der Waals surface area contributed by atoms with Crippen LogP contribution in [0.2, 0.25) is 0 Å². The Morgan fingerprint density at radius 1 is 1.25 bits per heavy atom. The zero-order valence-corrected chi connectivity index (χ0v) is 13.0. The summed E-state index contributed by atoms with van der Waals surface area (Å²) in [4.78, 5) is 14.7. The number of ether oxygens (including phenoxy) is 1. The van der Waals surface area contributed by atoms with Crippen molar-refractivity contribution in [1.29, 1.82) is 0 Å². The van der Waals surface area contributed by atoms with Gasteiger partial charge in [0.25, 0.3) is 5.91 Å². The Bertz CT molecular complexity index is 465. The van der Waals surface area contributed by atoms with E-state index < -0.39 is 0 Å². The number of carbonyl (C=O) groups is 1. The summed E-state index contributed by atoms with van der Waals surface area (Å²) in [6.45, 7) is 2.01. The van der Waals surface area contributed by atoms with Crippen molar-refractivity contribution in [3.8, 4) is 5.75 Å². The molecule has 2 heterocycles. The number of nitrogen functional groups attached to an aromatic ring is 1. The van der Waals surface area contributed by atoms with E-state index in [2.05, 4.69) is 10.2 Å². The third kappa shape index (κ3) is 3.00. The van der Waals surface area contributed by atoms with Gasteiger partial charge in [-0.2, -0.15) is 0 Å². The van der Waals surface area contributed by atoms with Gasteiger partial charge in [0.1, 0.15) is 15.6 Å². The van der Waals surface area contributed by atoms with Crippen molar-refractivity contribution in [2.24, 2.45) is 0 Å². The average molecular weight is 297 g/mol. The molecule has 0 atom stereocenters. The fourth-order valence-corrected chi connectivity index (χ4v) is 3.74. The number of carbonyl (C=O) groups excluding carboxylic acids is 1. The minimum absolute atomic E-state index is 0.149. The minimum atomic E-state index is -0.149. The number of amides is 1. The van der Waals surface area contributed by atoms with Crippen LogP contribution in [0.25, 0.3) is 0 Å². The molecule has 6 heteroatoms. The van der Waals surface area contributed by atoms with E-state index in [0.29, 0.717) is 16.3 Å². The van der Waals surface area contributed by atoms with Crippen molar-refractivity contribution in [3.05, 3.63) is 4.88 Å². The fourth-order valence-electron chi connectivity index (χ4n) is 2.55. The van der Waals surface area contributed by atoms with Gasteiger partial charge in [0, 0.05) is 20.1 Å². The minimum Gasteiger partial charge on any atom is -0.492 e. The third-order valence-corrected chi connectivity index (χ3v) is 4.91. The molecule has 1 saturated heterocycles. The number of nitrogens with one attached hydrogen (secondary N) is 1. The highest BCUT2D eigenvalue weighted by atomic mass is 32.1. The average Bonchev–Trinajstić information content (AvgIpc) is 2.74. The van der Waals surface area contributed by atoms with Gasteiger partial charge in [0.05, 0.1) is 7.11 Å². The highest BCUT2D eigenvalue weighted by Gasteiger charge is 2.24. The van der Waals surface area contributed by atoms with Crippen LogP contribution >= 0.6 is 11.3 Å². The monoisotopic (exact) mass is 297 g/mol. The maximum Gasteiger partial charge on any atom is 0.263 e. The predicted molar refractivity (Wildman–Crippen MR) is 84.0 cm³/mol. The van der Waals surface area contributed by atoms with Crippen LogP contribution in [0.3, 0.4) is 0 Å². The van der Waals surface area contributed by atoms with Crippen molar-refractivity contribution in [2.45, 2.75) is 32.1 Å². The summed E-state index contributed by atoms with van der Waals surface area (Å²) in [7, 11) is 3.23. The lowest BCUT2D eigenvalue weighted by atomic mass is 10.1. The Labute approximate surface area is 124 Å². The van der Waals surface area contributed by atoms with Crippen LogP contribution in [0.1, 0.15) is 41.8 Å². The summed E-state index contributed by atoms with van der Waals surface area (Å²) in [6, 6.07) is 0. The molecule has 0 aliphatic carbocycles. The van der Waals surface area contributed by atoms with Gasteiger partial charge < -0.3 is 20.7 Å². The van der Waals surface area contributed by atoms with Gasteiger partial charge in [-0.25, -0.2) is 0 Å². The van der Waals surface area contributed by atoms with E-state index >= 15 is 0 Å². The molecule has 0 aromatic carbocycles. The molecule has 1 aliphatic rings. The Kier molecular flexibility index (Phi) is 5.11. The molecular weight excluding hydrogens is 274 g/mol. The van der Waals surface area contributed by atoms with Gasteiger partial charge in [-0.15, -0.1) is 11.3 Å². The number of rotatable bonds is 3. The van der Waals surface area contributed by atoms with Gasteiger partial charge in [-0.3, -0.25) is 4.79 Å². The number of anilines is 2. The molecule has 0 saturated carbocycles. The molecule has 2 rings (SSSR count). The summed E-state index contributed by atoms with van der Waals surface area (Å²) in [6.07, 6.45) is 6.21. The van der Waals surface area contributed by atoms with Crippen LogP contribution in [0, 0.1) is 0 Å². The first kappa shape index (κ1) is 15.0. The number of nitrogens with two attached hydrogens (primary N) is 1. The van der Waals surface area contributed by atoms with E-state index in [0.717, 1.165) is 18.1 Å². The Balaban J connectivity index is 2.31. The standard InChI is InChI=1S/C14H23N3O2S/c1-16-13(18)12-10(15)11(19-2)14(20-12)17-8-6-4-3-5-7-9-17/h3-9,15H2,1-2H3,(H,16,18). The lowest BCUT2D eigenvalue weighted by Gasteiger charge is -2.26. The van der Waals surface area contributed by atoms with Crippen LogP contribution in [0.5, 0.6) is 5.75 Å². The number of hydrogen-bond acceptors (Lipinski definition) is 5. The number of hydrogen-bond donors (Lipinski definition) is 2. The van der Waals surface area contributed by atoms with Gasteiger partial charge in [-0.1, -0.05) is 19.3 Å². The molecule has 0 radical (unpaired) electrons. The Morgan fingerprint density at radius 3 is 2.40 bits per heavy atom. The first-order valence-electron chi connectivity index (χ1n) is 7.12. The Hall–Kier alpha value is -1.43. The van der Waals surface area contributed by atoms with Crippen LogP contribution in [0.15, 0.2) is 0 Å². The molecular formula is C14H23N3O2S. The lowest BCUT2D eigenvalue weighted by molar-refractivity contribution is 0.0967. The second-order valence-corrected chi connectivity index (χ2v) is 6.02. The SMILES string of the molecule is CNC(=O)c1sc(N2CCCCCCC2)c(OC)c1N. The smallest absolute Gasteiger partial charge is 0.263 e. The summed E-state index contributed by atoms with van der Waals surface area (Å²) in [5.41, 5.74) is 6.52. The Morgan fingerprint density at radius 2 is 1.85 bits per heavy atom. The summed E-state index contributed by atoms with van der Waals surface area (Å²) in [5, 5.41) is 3.62. The zero-order chi connectivity index (χ0) is 14.5. The van der Waals surface area contributed by atoms with Crippen LogP contribution in [-0.4, -0.2) is 33.2 Å². The van der Waals surface area contributed by atoms with E-state index in [1.807, 2.05) is 0 Å². The third-order valence-electron chi connectivity index (χ3n) is 3.66. The first-order valence-corrected chi connectivity index (χ1v) is 7.94. The van der Waals surface area contributed by atoms with E-state index in [9.17, 15) is 4.79 Å². The van der Waals surface area contributed by atoms with E-state index in [1.54, 1.807) is 14.2 Å². The van der Waals surface area contributed by atoms with Crippen molar-refractivity contribution in [1.82, 2.24) is 5.32 Å². The van der Waals surface area contributed by atoms with Gasteiger partial charge in [-0.05, 0) is 12.8 Å². The second kappa shape index (κ2) is 6.83. The van der Waals surface area contributed by atoms with Crippen LogP contribution < -0.4 is 20.7 Å². The lowest BCUT2D eigenvalue weighted by Crippen LogP contribution is -2.26. The first-order chi connectivity index (χ1) is 9.69. The fraction of sp³-hybridized carbons (Fsp3) is 0.643. The molecule has 112 valence electrons. The topological polar surface area (TPSA) is 67.6 Å². The summed E-state index contributed by atoms with van der Waals surface area (Å²) >= 11 is 1.43. The highest BCUT2D eigenvalue weighted by Crippen LogP contribution is 2.45. The maximum absolute atomic E-state index is 11.9. The van der Waals surface area contributed by atoms with Gasteiger partial charge >= 0.3 is 0 Å². The molecule has 1 fully saturated rings. The summed E-state index contributed by atoms with van der Waals surface area (Å²) < 4.78 is 5.44. The summed E-state index contributed by atoms with van der Waals surface area (Å²) in [5.74, 6) is 0.498. The van der Waals surface area contributed by atoms with E-state index in [1.165, 1.54) is 43.4 Å². The van der Waals surface area contributed by atoms with Crippen LogP contribution in [0.4, 0.5) is 10.7 Å². The van der Waals surface area contributed by atoms with Crippen molar-refractivity contribution in [3.63, 3.8) is 0 Å².